The number of methoxy groups -OCH3 is 1. The average Bonchev–Trinajstić information content (AvgIpc) is 3.43. The third-order valence-electron chi connectivity index (χ3n) is 5.67. The van der Waals surface area contributed by atoms with Crippen LogP contribution in [0.4, 0.5) is 5.13 Å². The van der Waals surface area contributed by atoms with Gasteiger partial charge in [0.25, 0.3) is 11.8 Å². The molecule has 2 amide bonds. The molecule has 0 atom stereocenters. The van der Waals surface area contributed by atoms with Crippen molar-refractivity contribution in [2.24, 2.45) is 5.10 Å². The van der Waals surface area contributed by atoms with Crippen molar-refractivity contribution in [1.82, 2.24) is 10.4 Å². The zero-order valence-corrected chi connectivity index (χ0v) is 19.5. The number of aryl methyl sites for hydroxylation is 1. The second-order valence-corrected chi connectivity index (χ2v) is 8.91. The largest absolute Gasteiger partial charge is 0.497 e. The molecule has 0 unspecified atom stereocenters. The number of carbonyl (C=O) groups is 2. The van der Waals surface area contributed by atoms with Crippen LogP contribution in [0, 0.1) is 6.92 Å². The number of para-hydroxylation sites is 1. The highest BCUT2D eigenvalue weighted by molar-refractivity contribution is 7.22. The molecule has 2 aromatic carbocycles. The van der Waals surface area contributed by atoms with E-state index < -0.39 is 0 Å². The first-order valence-corrected chi connectivity index (χ1v) is 11.7. The molecular formula is C25H22N4O4S. The number of hydrogen-bond donors (Lipinski definition) is 2. The summed E-state index contributed by atoms with van der Waals surface area (Å²) < 4.78 is 12.1. The Morgan fingerprint density at radius 3 is 2.79 bits per heavy atom. The topological polar surface area (TPSA) is 106 Å². The number of aromatic nitrogens is 1. The molecule has 8 nitrogen and oxygen atoms in total. The summed E-state index contributed by atoms with van der Waals surface area (Å²) in [5, 5.41) is 7.74. The second kappa shape index (κ2) is 9.11. The summed E-state index contributed by atoms with van der Waals surface area (Å²) in [6, 6.07) is 14.6. The van der Waals surface area contributed by atoms with Gasteiger partial charge in [-0.25, -0.2) is 10.4 Å². The van der Waals surface area contributed by atoms with Crippen LogP contribution < -0.4 is 15.5 Å². The van der Waals surface area contributed by atoms with Crippen molar-refractivity contribution in [3.05, 3.63) is 76.7 Å². The second-order valence-electron chi connectivity index (χ2n) is 7.88. The summed E-state index contributed by atoms with van der Waals surface area (Å²) in [5.41, 5.74) is 6.07. The van der Waals surface area contributed by atoms with E-state index in [2.05, 4.69) is 20.8 Å². The van der Waals surface area contributed by atoms with Gasteiger partial charge in [-0.1, -0.05) is 29.5 Å². The Bertz CT molecular complexity index is 1400. The van der Waals surface area contributed by atoms with Crippen molar-refractivity contribution in [3.63, 3.8) is 0 Å². The number of anilines is 1. The maximum absolute atomic E-state index is 13.0. The van der Waals surface area contributed by atoms with Crippen LogP contribution in [0.5, 0.6) is 5.75 Å². The van der Waals surface area contributed by atoms with E-state index in [9.17, 15) is 9.59 Å². The highest BCUT2D eigenvalue weighted by Crippen LogP contribution is 2.31. The smallest absolute Gasteiger partial charge is 0.293 e. The SMILES string of the molecule is COc1cccc(C(=O)N/N=C2\CCCc3oc(C(=O)Nc4nc5ccccc5s4)c(C)c32)c1. The van der Waals surface area contributed by atoms with Crippen LogP contribution in [0.15, 0.2) is 58.0 Å². The van der Waals surface area contributed by atoms with Gasteiger partial charge in [-0.2, -0.15) is 5.10 Å². The summed E-state index contributed by atoms with van der Waals surface area (Å²) in [5.74, 6) is 0.833. The molecule has 2 heterocycles. The van der Waals surface area contributed by atoms with Crippen molar-refractivity contribution in [2.75, 3.05) is 12.4 Å². The molecule has 5 rings (SSSR count). The molecule has 0 radical (unpaired) electrons. The molecule has 0 fully saturated rings. The van der Waals surface area contributed by atoms with Crippen LogP contribution in [0.25, 0.3) is 10.2 Å². The number of hydrogen-bond acceptors (Lipinski definition) is 7. The van der Waals surface area contributed by atoms with E-state index in [0.717, 1.165) is 22.2 Å². The number of nitrogens with zero attached hydrogens (tertiary/aromatic N) is 2. The van der Waals surface area contributed by atoms with Crippen LogP contribution in [-0.2, 0) is 6.42 Å². The van der Waals surface area contributed by atoms with Gasteiger partial charge < -0.3 is 9.15 Å². The molecule has 0 saturated heterocycles. The minimum atomic E-state index is -0.356. The van der Waals surface area contributed by atoms with Gasteiger partial charge in [-0.3, -0.25) is 14.9 Å². The molecule has 172 valence electrons. The van der Waals surface area contributed by atoms with Gasteiger partial charge in [0.15, 0.2) is 10.9 Å². The summed E-state index contributed by atoms with van der Waals surface area (Å²) in [4.78, 5) is 30.0. The Labute approximate surface area is 199 Å². The predicted molar refractivity (Wildman–Crippen MR) is 131 cm³/mol. The number of furan rings is 1. The molecule has 2 N–H and O–H groups in total. The predicted octanol–water partition coefficient (Wildman–Crippen LogP) is 4.93. The van der Waals surface area contributed by atoms with Crippen molar-refractivity contribution < 1.29 is 18.7 Å². The van der Waals surface area contributed by atoms with E-state index >= 15 is 0 Å². The summed E-state index contributed by atoms with van der Waals surface area (Å²) in [7, 11) is 1.55. The maximum Gasteiger partial charge on any atom is 0.293 e. The van der Waals surface area contributed by atoms with Crippen molar-refractivity contribution in [1.29, 1.82) is 0 Å². The fourth-order valence-corrected chi connectivity index (χ4v) is 4.88. The maximum atomic E-state index is 13.0. The first-order chi connectivity index (χ1) is 16.5. The number of nitrogens with one attached hydrogen (secondary N) is 2. The normalized spacial score (nSPS) is 14.1. The van der Waals surface area contributed by atoms with E-state index in [0.29, 0.717) is 46.3 Å². The van der Waals surface area contributed by atoms with Crippen molar-refractivity contribution in [2.45, 2.75) is 26.2 Å². The van der Waals surface area contributed by atoms with Gasteiger partial charge in [-0.05, 0) is 50.1 Å². The lowest BCUT2D eigenvalue weighted by Gasteiger charge is -2.13. The first kappa shape index (κ1) is 21.8. The number of hydrazone groups is 1. The van der Waals surface area contributed by atoms with Gasteiger partial charge in [0.1, 0.15) is 11.5 Å². The lowest BCUT2D eigenvalue weighted by atomic mass is 9.93. The zero-order chi connectivity index (χ0) is 23.7. The zero-order valence-electron chi connectivity index (χ0n) is 18.7. The Kier molecular flexibility index (Phi) is 5.85. The number of thiazole rings is 1. The molecule has 0 saturated carbocycles. The minimum absolute atomic E-state index is 0.234. The third-order valence-corrected chi connectivity index (χ3v) is 6.62. The van der Waals surface area contributed by atoms with Crippen LogP contribution in [0.1, 0.15) is 50.6 Å². The third kappa shape index (κ3) is 4.17. The molecule has 9 heteroatoms. The lowest BCUT2D eigenvalue weighted by Crippen LogP contribution is -2.22. The number of fused-ring (bicyclic) bond motifs is 2. The molecule has 2 aromatic heterocycles. The molecule has 1 aliphatic rings. The Morgan fingerprint density at radius 2 is 1.97 bits per heavy atom. The fourth-order valence-electron chi connectivity index (χ4n) is 4.02. The molecule has 34 heavy (non-hydrogen) atoms. The van der Waals surface area contributed by atoms with E-state index in [4.69, 9.17) is 9.15 Å². The van der Waals surface area contributed by atoms with E-state index in [1.165, 1.54) is 11.3 Å². The number of rotatable bonds is 5. The molecular weight excluding hydrogens is 452 g/mol. The number of ether oxygens (including phenoxy) is 1. The number of benzene rings is 2. The fraction of sp³-hybridized carbons (Fsp3) is 0.200. The van der Waals surface area contributed by atoms with E-state index in [-0.39, 0.29) is 17.6 Å². The monoisotopic (exact) mass is 474 g/mol. The lowest BCUT2D eigenvalue weighted by molar-refractivity contribution is 0.0953. The highest BCUT2D eigenvalue weighted by Gasteiger charge is 2.28. The average molecular weight is 475 g/mol. The number of amides is 2. The van der Waals surface area contributed by atoms with Gasteiger partial charge in [0.05, 0.1) is 23.0 Å². The van der Waals surface area contributed by atoms with E-state index in [1.54, 1.807) is 31.4 Å². The van der Waals surface area contributed by atoms with Gasteiger partial charge in [0.2, 0.25) is 0 Å². The standard InChI is InChI=1S/C25H22N4O4S/c1-14-21-18(28-29-23(30)15-7-5-8-16(13-15)32-2)10-6-11-19(21)33-22(14)24(31)27-25-26-17-9-3-4-12-20(17)34-25/h3-5,7-9,12-13H,6,10-11H2,1-2H3,(H,29,30)(H,26,27,31)/b28-18+. The van der Waals surface area contributed by atoms with Gasteiger partial charge in [0, 0.05) is 23.1 Å². The molecule has 0 spiro atoms. The molecule has 0 aliphatic heterocycles. The molecule has 0 bridgehead atoms. The quantitative estimate of drug-likeness (QED) is 0.399. The highest BCUT2D eigenvalue weighted by atomic mass is 32.1. The number of carbonyl (C=O) groups excluding carboxylic acids is 2. The Balaban J connectivity index is 1.37. The van der Waals surface area contributed by atoms with Gasteiger partial charge in [-0.15, -0.1) is 0 Å². The summed E-state index contributed by atoms with van der Waals surface area (Å²) >= 11 is 1.41. The van der Waals surface area contributed by atoms with Gasteiger partial charge >= 0.3 is 0 Å². The molecule has 1 aliphatic carbocycles. The minimum Gasteiger partial charge on any atom is -0.497 e. The van der Waals surface area contributed by atoms with E-state index in [1.807, 2.05) is 31.2 Å². The van der Waals surface area contributed by atoms with Crippen LogP contribution in [-0.4, -0.2) is 29.6 Å². The Morgan fingerprint density at radius 1 is 1.12 bits per heavy atom. The van der Waals surface area contributed by atoms with Crippen LogP contribution >= 0.6 is 11.3 Å². The van der Waals surface area contributed by atoms with Crippen molar-refractivity contribution in [3.8, 4) is 5.75 Å². The summed E-state index contributed by atoms with van der Waals surface area (Å²) in [6.45, 7) is 1.83. The molecule has 4 aromatic rings. The summed E-state index contributed by atoms with van der Waals surface area (Å²) in [6.07, 6.45) is 2.19. The Hall–Kier alpha value is -3.98. The first-order valence-electron chi connectivity index (χ1n) is 10.8. The van der Waals surface area contributed by atoms with Crippen molar-refractivity contribution >= 4 is 44.2 Å². The van der Waals surface area contributed by atoms with Crippen LogP contribution in [0.2, 0.25) is 0 Å². The van der Waals surface area contributed by atoms with Crippen LogP contribution in [0.3, 0.4) is 0 Å².